The Kier molecular flexibility index (Phi) is 9.81. The Labute approximate surface area is 249 Å². The first-order valence-electron chi connectivity index (χ1n) is 13.8. The zero-order valence-electron chi connectivity index (χ0n) is 24.1. The van der Waals surface area contributed by atoms with Crippen LogP contribution in [0.4, 0.5) is 18.9 Å². The third-order valence-electron chi connectivity index (χ3n) is 7.74. The second-order valence-corrected chi connectivity index (χ2v) is 12.6. The van der Waals surface area contributed by atoms with Gasteiger partial charge in [0, 0.05) is 37.3 Å². The van der Waals surface area contributed by atoms with Crippen LogP contribution < -0.4 is 10.2 Å². The average molecular weight is 618 g/mol. The number of halogens is 3. The van der Waals surface area contributed by atoms with Crippen LogP contribution in [-0.2, 0) is 32.2 Å². The number of piperidine rings is 1. The summed E-state index contributed by atoms with van der Waals surface area (Å²) in [5.41, 5.74) is 1.85. The van der Waals surface area contributed by atoms with Crippen molar-refractivity contribution >= 4 is 27.3 Å². The number of hydrogen-bond acceptors (Lipinski definition) is 6. The maximum atomic E-state index is 13.1. The van der Waals surface area contributed by atoms with Crippen molar-refractivity contribution in [2.75, 3.05) is 31.4 Å². The zero-order chi connectivity index (χ0) is 31.4. The van der Waals surface area contributed by atoms with Gasteiger partial charge in [-0.2, -0.15) is 13.2 Å². The van der Waals surface area contributed by atoms with Gasteiger partial charge in [-0.05, 0) is 72.5 Å². The van der Waals surface area contributed by atoms with Crippen LogP contribution in [0.2, 0.25) is 0 Å². The van der Waals surface area contributed by atoms with Crippen LogP contribution >= 0.6 is 0 Å². The molecule has 12 heteroatoms. The summed E-state index contributed by atoms with van der Waals surface area (Å²) in [5, 5.41) is 3.98. The van der Waals surface area contributed by atoms with Crippen LogP contribution in [0.25, 0.3) is 0 Å². The molecular formula is C31H34F3N3O5S. The highest BCUT2D eigenvalue weighted by molar-refractivity contribution is 7.91. The third kappa shape index (κ3) is 7.55. The van der Waals surface area contributed by atoms with Gasteiger partial charge in [0.15, 0.2) is 9.84 Å². The minimum atomic E-state index is -4.42. The topological polar surface area (TPSA) is 96.0 Å². The number of nitrogens with zero attached hydrogens (tertiary/aromatic N) is 2. The molecule has 1 aliphatic rings. The second kappa shape index (κ2) is 13.2. The first-order valence-corrected chi connectivity index (χ1v) is 15.4. The highest BCUT2D eigenvalue weighted by atomic mass is 32.2. The Bertz CT molecular complexity index is 1530. The second-order valence-electron chi connectivity index (χ2n) is 10.4. The fourth-order valence-corrected chi connectivity index (χ4v) is 5.98. The third-order valence-corrected chi connectivity index (χ3v) is 9.49. The van der Waals surface area contributed by atoms with Gasteiger partial charge in [-0.25, -0.2) is 13.5 Å². The minimum Gasteiger partial charge on any atom is -0.359 e. The largest absolute Gasteiger partial charge is 0.416 e. The highest BCUT2D eigenvalue weighted by Crippen LogP contribution is 2.36. The number of alkyl halides is 3. The first-order chi connectivity index (χ1) is 20.3. The molecule has 1 fully saturated rings. The SMILES string of the molecule is CCS(=O)(=O)c1ccc(CNC(=O)c2ccc(N3CC(c4ccc(C(F)(F)F)cc4)CC[C@H]3C(=O)N(C)OC)cc2)cc1. The quantitative estimate of drug-likeness (QED) is 0.332. The molecule has 2 atom stereocenters. The van der Waals surface area contributed by atoms with Crippen molar-refractivity contribution in [2.45, 2.75) is 49.3 Å². The summed E-state index contributed by atoms with van der Waals surface area (Å²) in [4.78, 5) is 33.2. The summed E-state index contributed by atoms with van der Waals surface area (Å²) in [6, 6.07) is 17.7. The molecule has 1 saturated heterocycles. The van der Waals surface area contributed by atoms with Crippen molar-refractivity contribution in [1.82, 2.24) is 10.4 Å². The van der Waals surface area contributed by atoms with Gasteiger partial charge in [0.05, 0.1) is 23.3 Å². The van der Waals surface area contributed by atoms with Gasteiger partial charge in [0.25, 0.3) is 11.8 Å². The van der Waals surface area contributed by atoms with E-state index in [1.807, 2.05) is 4.90 Å². The van der Waals surface area contributed by atoms with E-state index in [1.165, 1.54) is 38.4 Å². The average Bonchev–Trinajstić information content (AvgIpc) is 3.02. The van der Waals surface area contributed by atoms with Crippen LogP contribution in [0.15, 0.2) is 77.7 Å². The van der Waals surface area contributed by atoms with E-state index >= 15 is 0 Å². The van der Waals surface area contributed by atoms with E-state index in [9.17, 15) is 31.2 Å². The maximum absolute atomic E-state index is 13.1. The Morgan fingerprint density at radius 2 is 1.60 bits per heavy atom. The van der Waals surface area contributed by atoms with E-state index in [1.54, 1.807) is 43.3 Å². The first kappa shape index (κ1) is 32.0. The normalized spacial score (nSPS) is 17.4. The molecule has 2 amide bonds. The molecule has 230 valence electrons. The molecule has 3 aromatic carbocycles. The number of hydroxylamine groups is 2. The maximum Gasteiger partial charge on any atom is 0.416 e. The van der Waals surface area contributed by atoms with Crippen molar-refractivity contribution in [3.05, 3.63) is 95.1 Å². The molecule has 1 unspecified atom stereocenters. The smallest absolute Gasteiger partial charge is 0.359 e. The number of hydrogen-bond donors (Lipinski definition) is 1. The number of sulfone groups is 1. The Morgan fingerprint density at radius 3 is 2.16 bits per heavy atom. The van der Waals surface area contributed by atoms with Gasteiger partial charge in [-0.3, -0.25) is 14.4 Å². The van der Waals surface area contributed by atoms with E-state index in [4.69, 9.17) is 4.84 Å². The predicted octanol–water partition coefficient (Wildman–Crippen LogP) is 5.20. The minimum absolute atomic E-state index is 0.00417. The van der Waals surface area contributed by atoms with Gasteiger partial charge in [0.2, 0.25) is 0 Å². The van der Waals surface area contributed by atoms with Crippen LogP contribution in [0.3, 0.4) is 0 Å². The van der Waals surface area contributed by atoms with Gasteiger partial charge in [-0.15, -0.1) is 0 Å². The van der Waals surface area contributed by atoms with Crippen LogP contribution in [0.5, 0.6) is 0 Å². The lowest BCUT2D eigenvalue weighted by atomic mass is 9.86. The fourth-order valence-electron chi connectivity index (χ4n) is 5.10. The van der Waals surface area contributed by atoms with Gasteiger partial charge in [-0.1, -0.05) is 31.2 Å². The number of amides is 2. The molecule has 1 aliphatic heterocycles. The van der Waals surface area contributed by atoms with Crippen molar-refractivity contribution in [3.8, 4) is 0 Å². The van der Waals surface area contributed by atoms with E-state index in [0.717, 1.165) is 28.3 Å². The van der Waals surface area contributed by atoms with Crippen LogP contribution in [-0.4, -0.2) is 57.8 Å². The van der Waals surface area contributed by atoms with E-state index in [0.29, 0.717) is 30.6 Å². The predicted molar refractivity (Wildman–Crippen MR) is 156 cm³/mol. The van der Waals surface area contributed by atoms with Crippen LogP contribution in [0, 0.1) is 0 Å². The number of rotatable bonds is 9. The molecule has 0 saturated carbocycles. The summed E-state index contributed by atoms with van der Waals surface area (Å²) < 4.78 is 63.2. The number of nitrogens with one attached hydrogen (secondary N) is 1. The van der Waals surface area contributed by atoms with E-state index < -0.39 is 27.6 Å². The number of carbonyl (C=O) groups excluding carboxylic acids is 2. The molecule has 8 nitrogen and oxygen atoms in total. The molecule has 43 heavy (non-hydrogen) atoms. The van der Waals surface area contributed by atoms with Crippen molar-refractivity contribution in [1.29, 1.82) is 0 Å². The van der Waals surface area contributed by atoms with E-state index in [2.05, 4.69) is 5.32 Å². The summed E-state index contributed by atoms with van der Waals surface area (Å²) in [7, 11) is -0.394. The summed E-state index contributed by atoms with van der Waals surface area (Å²) >= 11 is 0. The Balaban J connectivity index is 1.48. The van der Waals surface area contributed by atoms with Crippen LogP contribution in [0.1, 0.15) is 52.7 Å². The number of carbonyl (C=O) groups is 2. The molecule has 1 N–H and O–H groups in total. The Hall–Kier alpha value is -3.90. The lowest BCUT2D eigenvalue weighted by Crippen LogP contribution is -2.51. The van der Waals surface area contributed by atoms with Gasteiger partial charge >= 0.3 is 6.18 Å². The molecule has 4 rings (SSSR count). The summed E-state index contributed by atoms with van der Waals surface area (Å²) in [6.07, 6.45) is -3.36. The molecule has 0 spiro atoms. The zero-order valence-corrected chi connectivity index (χ0v) is 24.9. The molecule has 1 heterocycles. The summed E-state index contributed by atoms with van der Waals surface area (Å²) in [5.74, 6) is -0.692. The summed E-state index contributed by atoms with van der Waals surface area (Å²) in [6.45, 7) is 2.16. The Morgan fingerprint density at radius 1 is 0.977 bits per heavy atom. The van der Waals surface area contributed by atoms with Crippen molar-refractivity contribution in [3.63, 3.8) is 0 Å². The molecule has 0 bridgehead atoms. The van der Waals surface area contributed by atoms with Crippen molar-refractivity contribution in [2.24, 2.45) is 0 Å². The molecule has 0 aliphatic carbocycles. The number of likely N-dealkylation sites (N-methyl/N-ethyl adjacent to an activating group) is 1. The fraction of sp³-hybridized carbons (Fsp3) is 0.355. The number of benzene rings is 3. The van der Waals surface area contributed by atoms with Crippen molar-refractivity contribution < 1.29 is 36.0 Å². The molecule has 3 aromatic rings. The monoisotopic (exact) mass is 617 g/mol. The highest BCUT2D eigenvalue weighted by Gasteiger charge is 2.36. The molecule has 0 aromatic heterocycles. The van der Waals surface area contributed by atoms with Gasteiger partial charge < -0.3 is 10.2 Å². The molecular weight excluding hydrogens is 583 g/mol. The van der Waals surface area contributed by atoms with Gasteiger partial charge in [0.1, 0.15) is 6.04 Å². The van der Waals surface area contributed by atoms with E-state index in [-0.39, 0.29) is 34.9 Å². The lowest BCUT2D eigenvalue weighted by molar-refractivity contribution is -0.170. The number of anilines is 1. The standard InChI is InChI=1S/C31H34F3N3O5S/c1-4-43(40,41)27-16-5-21(6-17-27)19-35-29(38)23-9-14-26(15-10-23)37-20-24(11-18-28(37)30(39)36(2)42-3)22-7-12-25(13-8-22)31(32,33)34/h5-10,12-17,24,28H,4,11,18-20H2,1-3H3,(H,35,38)/t24?,28-/m0/s1. The lowest BCUT2D eigenvalue weighted by Gasteiger charge is -2.41. The molecule has 0 radical (unpaired) electrons.